The molecule has 3 N–H and O–H groups in total. The van der Waals surface area contributed by atoms with Gasteiger partial charge in [-0.3, -0.25) is 20.0 Å². The topological polar surface area (TPSA) is 78.7 Å². The van der Waals surface area contributed by atoms with Crippen LogP contribution in [0.1, 0.15) is 0 Å². The summed E-state index contributed by atoms with van der Waals surface area (Å²) in [5.74, 6) is -0.994. The molecule has 2 aromatic carbocycles. The monoisotopic (exact) mass is 308 g/mol. The van der Waals surface area contributed by atoms with Crippen LogP contribution in [0.25, 0.3) is 0 Å². The van der Waals surface area contributed by atoms with Crippen LogP contribution in [0.15, 0.2) is 72.1 Å². The molecule has 6 heteroatoms. The van der Waals surface area contributed by atoms with Gasteiger partial charge in [0.1, 0.15) is 11.4 Å². The number of amides is 2. The minimum Gasteiger partial charge on any atom is -0.392 e. The Hall–Kier alpha value is -3.28. The SMILES string of the molecule is CN(NC1=C(N)C(=O)N(c2ccccc2)C1=O)c1ccccc1. The second kappa shape index (κ2) is 5.84. The molecule has 2 aromatic rings. The number of hydrogen-bond acceptors (Lipinski definition) is 5. The smallest absolute Gasteiger partial charge is 0.285 e. The van der Waals surface area contributed by atoms with Gasteiger partial charge >= 0.3 is 0 Å². The van der Waals surface area contributed by atoms with E-state index in [-0.39, 0.29) is 11.4 Å². The minimum atomic E-state index is -0.523. The third-order valence-corrected chi connectivity index (χ3v) is 3.56. The zero-order chi connectivity index (χ0) is 16.4. The maximum Gasteiger partial charge on any atom is 0.285 e. The van der Waals surface area contributed by atoms with Crippen molar-refractivity contribution in [3.8, 4) is 0 Å². The van der Waals surface area contributed by atoms with Crippen LogP contribution in [0.5, 0.6) is 0 Å². The fourth-order valence-corrected chi connectivity index (χ4v) is 2.35. The number of nitrogens with zero attached hydrogens (tertiary/aromatic N) is 2. The Labute approximate surface area is 133 Å². The molecule has 3 rings (SSSR count). The predicted molar refractivity (Wildman–Crippen MR) is 88.1 cm³/mol. The quantitative estimate of drug-likeness (QED) is 0.659. The summed E-state index contributed by atoms with van der Waals surface area (Å²) in [5.41, 5.74) is 10.1. The molecule has 116 valence electrons. The van der Waals surface area contributed by atoms with E-state index in [0.29, 0.717) is 5.69 Å². The van der Waals surface area contributed by atoms with Gasteiger partial charge in [-0.1, -0.05) is 36.4 Å². The average Bonchev–Trinajstić information content (AvgIpc) is 2.80. The summed E-state index contributed by atoms with van der Waals surface area (Å²) in [7, 11) is 1.75. The van der Waals surface area contributed by atoms with E-state index in [1.165, 1.54) is 0 Å². The molecule has 0 aliphatic carbocycles. The number of imide groups is 1. The summed E-state index contributed by atoms with van der Waals surface area (Å²) in [4.78, 5) is 25.9. The maximum absolute atomic E-state index is 12.6. The number of hydrogen-bond donors (Lipinski definition) is 2. The fourth-order valence-electron chi connectivity index (χ4n) is 2.35. The highest BCUT2D eigenvalue weighted by molar-refractivity contribution is 6.32. The fraction of sp³-hybridized carbons (Fsp3) is 0.0588. The van der Waals surface area contributed by atoms with Crippen LogP contribution in [-0.4, -0.2) is 18.9 Å². The Morgan fingerprint density at radius 2 is 1.48 bits per heavy atom. The Balaban J connectivity index is 1.86. The molecule has 1 aliphatic rings. The molecule has 0 bridgehead atoms. The van der Waals surface area contributed by atoms with Crippen molar-refractivity contribution in [1.82, 2.24) is 5.43 Å². The molecule has 0 radical (unpaired) electrons. The molecular weight excluding hydrogens is 292 g/mol. The summed E-state index contributed by atoms with van der Waals surface area (Å²) in [6, 6.07) is 18.1. The Morgan fingerprint density at radius 3 is 2.09 bits per heavy atom. The van der Waals surface area contributed by atoms with Crippen LogP contribution < -0.4 is 21.1 Å². The van der Waals surface area contributed by atoms with Crippen LogP contribution in [-0.2, 0) is 9.59 Å². The second-order valence-electron chi connectivity index (χ2n) is 5.08. The number of carbonyl (C=O) groups excluding carboxylic acids is 2. The van der Waals surface area contributed by atoms with Gasteiger partial charge < -0.3 is 5.73 Å². The van der Waals surface area contributed by atoms with Crippen molar-refractivity contribution >= 4 is 23.2 Å². The maximum atomic E-state index is 12.6. The summed E-state index contributed by atoms with van der Waals surface area (Å²) >= 11 is 0. The first-order valence-electron chi connectivity index (χ1n) is 7.08. The van der Waals surface area contributed by atoms with E-state index in [1.54, 1.807) is 36.3 Å². The van der Waals surface area contributed by atoms with Gasteiger partial charge in [-0.25, -0.2) is 4.90 Å². The summed E-state index contributed by atoms with van der Waals surface area (Å²) < 4.78 is 0. The number of carbonyl (C=O) groups is 2. The lowest BCUT2D eigenvalue weighted by Gasteiger charge is -2.22. The third kappa shape index (κ3) is 2.62. The van der Waals surface area contributed by atoms with E-state index in [9.17, 15) is 9.59 Å². The molecule has 0 saturated carbocycles. The van der Waals surface area contributed by atoms with E-state index in [1.807, 2.05) is 36.4 Å². The molecule has 0 unspecified atom stereocenters. The molecule has 23 heavy (non-hydrogen) atoms. The second-order valence-corrected chi connectivity index (χ2v) is 5.08. The van der Waals surface area contributed by atoms with Crippen LogP contribution in [0.4, 0.5) is 11.4 Å². The van der Waals surface area contributed by atoms with Crippen LogP contribution in [0.3, 0.4) is 0 Å². The third-order valence-electron chi connectivity index (χ3n) is 3.56. The molecule has 6 nitrogen and oxygen atoms in total. The zero-order valence-electron chi connectivity index (χ0n) is 12.6. The van der Waals surface area contributed by atoms with E-state index < -0.39 is 11.8 Å². The van der Waals surface area contributed by atoms with E-state index in [0.717, 1.165) is 10.6 Å². The molecule has 0 spiro atoms. The lowest BCUT2D eigenvalue weighted by Crippen LogP contribution is -2.39. The number of nitrogens with one attached hydrogen (secondary N) is 1. The number of anilines is 2. The van der Waals surface area contributed by atoms with E-state index in [4.69, 9.17) is 5.73 Å². The van der Waals surface area contributed by atoms with Crippen LogP contribution >= 0.6 is 0 Å². The van der Waals surface area contributed by atoms with E-state index in [2.05, 4.69) is 5.43 Å². The molecule has 0 aromatic heterocycles. The summed E-state index contributed by atoms with van der Waals surface area (Å²) in [6.07, 6.45) is 0. The summed E-state index contributed by atoms with van der Waals surface area (Å²) in [6.45, 7) is 0. The highest BCUT2D eigenvalue weighted by Gasteiger charge is 2.38. The predicted octanol–water partition coefficient (Wildman–Crippen LogP) is 1.37. The van der Waals surface area contributed by atoms with Gasteiger partial charge in [0.15, 0.2) is 0 Å². The lowest BCUT2D eigenvalue weighted by molar-refractivity contribution is -0.120. The first-order valence-corrected chi connectivity index (χ1v) is 7.08. The van der Waals surface area contributed by atoms with Crippen LogP contribution in [0, 0.1) is 0 Å². The first kappa shape index (κ1) is 14.6. The zero-order valence-corrected chi connectivity index (χ0v) is 12.6. The molecule has 2 amide bonds. The molecule has 0 saturated heterocycles. The van der Waals surface area contributed by atoms with Gasteiger partial charge in [0.05, 0.1) is 11.4 Å². The Bertz CT molecular complexity index is 772. The molecule has 0 fully saturated rings. The van der Waals surface area contributed by atoms with Gasteiger partial charge in [-0.15, -0.1) is 0 Å². The van der Waals surface area contributed by atoms with Gasteiger partial charge in [0, 0.05) is 7.05 Å². The van der Waals surface area contributed by atoms with Crippen molar-refractivity contribution in [1.29, 1.82) is 0 Å². The average molecular weight is 308 g/mol. The van der Waals surface area contributed by atoms with Crippen molar-refractivity contribution < 1.29 is 9.59 Å². The number of hydrazine groups is 1. The van der Waals surface area contributed by atoms with Gasteiger partial charge in [0.2, 0.25) is 0 Å². The number of rotatable bonds is 4. The number of para-hydroxylation sites is 2. The van der Waals surface area contributed by atoms with Crippen molar-refractivity contribution in [2.45, 2.75) is 0 Å². The van der Waals surface area contributed by atoms with Crippen molar-refractivity contribution in [3.05, 3.63) is 72.1 Å². The van der Waals surface area contributed by atoms with Gasteiger partial charge in [-0.05, 0) is 24.3 Å². The molecule has 1 aliphatic heterocycles. The van der Waals surface area contributed by atoms with Crippen LogP contribution in [0.2, 0.25) is 0 Å². The first-order chi connectivity index (χ1) is 11.1. The molecule has 1 heterocycles. The van der Waals surface area contributed by atoms with Crippen molar-refractivity contribution in [2.75, 3.05) is 17.0 Å². The minimum absolute atomic E-state index is 0.0743. The lowest BCUT2D eigenvalue weighted by atomic mass is 10.3. The number of nitrogens with two attached hydrogens (primary N) is 1. The highest BCUT2D eigenvalue weighted by atomic mass is 16.2. The normalized spacial score (nSPS) is 14.4. The van der Waals surface area contributed by atoms with Crippen molar-refractivity contribution in [2.24, 2.45) is 5.73 Å². The Kier molecular flexibility index (Phi) is 3.72. The molecule has 0 atom stereocenters. The number of benzene rings is 2. The van der Waals surface area contributed by atoms with Gasteiger partial charge in [0.25, 0.3) is 11.8 Å². The summed E-state index contributed by atoms with van der Waals surface area (Å²) in [5, 5.41) is 1.64. The van der Waals surface area contributed by atoms with Crippen molar-refractivity contribution in [3.63, 3.8) is 0 Å². The van der Waals surface area contributed by atoms with E-state index >= 15 is 0 Å². The Morgan fingerprint density at radius 1 is 0.913 bits per heavy atom. The largest absolute Gasteiger partial charge is 0.392 e. The molecular formula is C17H16N4O2. The van der Waals surface area contributed by atoms with Gasteiger partial charge in [-0.2, -0.15) is 0 Å². The highest BCUT2D eigenvalue weighted by Crippen LogP contribution is 2.24. The standard InChI is InChI=1S/C17H16N4O2/c1-20(12-8-4-2-5-9-12)19-15-14(18)16(22)21(17(15)23)13-10-6-3-7-11-13/h2-11,19H,18H2,1H3.